The van der Waals surface area contributed by atoms with Gasteiger partial charge in [0, 0.05) is 31.6 Å². The molecule has 0 saturated heterocycles. The average Bonchev–Trinajstić information content (AvgIpc) is 2.44. The zero-order valence-electron chi connectivity index (χ0n) is 12.4. The van der Waals surface area contributed by atoms with Gasteiger partial charge in [0.15, 0.2) is 0 Å². The lowest BCUT2D eigenvalue weighted by molar-refractivity contribution is -0.384. The van der Waals surface area contributed by atoms with Crippen LogP contribution in [0.2, 0.25) is 0 Å². The summed E-state index contributed by atoms with van der Waals surface area (Å²) in [7, 11) is 1.43. The van der Waals surface area contributed by atoms with Crippen LogP contribution in [0.25, 0.3) is 0 Å². The number of anilines is 1. The van der Waals surface area contributed by atoms with E-state index in [-0.39, 0.29) is 36.3 Å². The standard InChI is InChI=1S/C13H20N4O4/c1-9(2)8-15-11(18)6-7-14-13-10(17(19)20)4-5-12(16-13)21-3/h4-5,9H,6-8H2,1-3H3,(H,14,16)(H,15,18). The number of rotatable bonds is 8. The van der Waals surface area contributed by atoms with Crippen LogP contribution in [0.4, 0.5) is 11.5 Å². The van der Waals surface area contributed by atoms with Crippen molar-refractivity contribution in [2.75, 3.05) is 25.5 Å². The first-order chi connectivity index (χ1) is 9.93. The molecule has 0 bridgehead atoms. The predicted octanol–water partition coefficient (Wildman–Crippen LogP) is 1.57. The summed E-state index contributed by atoms with van der Waals surface area (Å²) in [5.74, 6) is 0.633. The third kappa shape index (κ3) is 5.64. The van der Waals surface area contributed by atoms with E-state index < -0.39 is 4.92 Å². The first-order valence-corrected chi connectivity index (χ1v) is 6.64. The first-order valence-electron chi connectivity index (χ1n) is 6.64. The Morgan fingerprint density at radius 2 is 2.19 bits per heavy atom. The van der Waals surface area contributed by atoms with Crippen LogP contribution in [0.5, 0.6) is 5.88 Å². The molecule has 0 fully saturated rings. The van der Waals surface area contributed by atoms with Crippen molar-refractivity contribution in [1.82, 2.24) is 10.3 Å². The number of carbonyl (C=O) groups excluding carboxylic acids is 1. The fourth-order valence-corrected chi connectivity index (χ4v) is 1.53. The molecule has 0 radical (unpaired) electrons. The molecule has 0 unspecified atom stereocenters. The van der Waals surface area contributed by atoms with E-state index in [1.54, 1.807) is 0 Å². The molecule has 8 heteroatoms. The van der Waals surface area contributed by atoms with Gasteiger partial charge in [-0.15, -0.1) is 0 Å². The number of pyridine rings is 1. The summed E-state index contributed by atoms with van der Waals surface area (Å²) in [5.41, 5.74) is -0.154. The highest BCUT2D eigenvalue weighted by atomic mass is 16.6. The van der Waals surface area contributed by atoms with Gasteiger partial charge >= 0.3 is 5.69 Å². The molecule has 1 aromatic heterocycles. The van der Waals surface area contributed by atoms with Crippen LogP contribution in [0, 0.1) is 16.0 Å². The Morgan fingerprint density at radius 3 is 2.76 bits per heavy atom. The molecule has 1 amide bonds. The maximum atomic E-state index is 11.5. The van der Waals surface area contributed by atoms with Gasteiger partial charge in [0.25, 0.3) is 0 Å². The maximum absolute atomic E-state index is 11.5. The van der Waals surface area contributed by atoms with E-state index in [2.05, 4.69) is 15.6 Å². The van der Waals surface area contributed by atoms with E-state index in [1.165, 1.54) is 19.2 Å². The van der Waals surface area contributed by atoms with Crippen molar-refractivity contribution in [3.63, 3.8) is 0 Å². The second kappa shape index (κ2) is 8.03. The normalized spacial score (nSPS) is 10.3. The van der Waals surface area contributed by atoms with Crippen LogP contribution in [0.1, 0.15) is 20.3 Å². The van der Waals surface area contributed by atoms with E-state index in [9.17, 15) is 14.9 Å². The summed E-state index contributed by atoms with van der Waals surface area (Å²) in [5, 5.41) is 16.5. The van der Waals surface area contributed by atoms with Crippen molar-refractivity contribution in [2.24, 2.45) is 5.92 Å². The van der Waals surface area contributed by atoms with Gasteiger partial charge in [0.1, 0.15) is 0 Å². The summed E-state index contributed by atoms with van der Waals surface area (Å²) in [4.78, 5) is 25.9. The van der Waals surface area contributed by atoms with Crippen LogP contribution >= 0.6 is 0 Å². The van der Waals surface area contributed by atoms with Crippen molar-refractivity contribution < 1.29 is 14.5 Å². The Morgan fingerprint density at radius 1 is 1.48 bits per heavy atom. The second-order valence-corrected chi connectivity index (χ2v) is 4.85. The molecule has 116 valence electrons. The highest BCUT2D eigenvalue weighted by Crippen LogP contribution is 2.24. The van der Waals surface area contributed by atoms with E-state index >= 15 is 0 Å². The lowest BCUT2D eigenvalue weighted by Gasteiger charge is -2.09. The molecule has 1 rings (SSSR count). The van der Waals surface area contributed by atoms with E-state index in [0.717, 1.165) is 0 Å². The molecule has 0 aliphatic heterocycles. The van der Waals surface area contributed by atoms with E-state index in [4.69, 9.17) is 4.74 Å². The van der Waals surface area contributed by atoms with Gasteiger partial charge in [-0.25, -0.2) is 0 Å². The van der Waals surface area contributed by atoms with Gasteiger partial charge in [-0.2, -0.15) is 4.98 Å². The van der Waals surface area contributed by atoms with Crippen LogP contribution < -0.4 is 15.4 Å². The zero-order chi connectivity index (χ0) is 15.8. The van der Waals surface area contributed by atoms with E-state index in [0.29, 0.717) is 12.5 Å². The third-order valence-electron chi connectivity index (χ3n) is 2.61. The largest absolute Gasteiger partial charge is 0.481 e. The highest BCUT2D eigenvalue weighted by molar-refractivity contribution is 5.76. The average molecular weight is 296 g/mol. The number of carbonyl (C=O) groups is 1. The van der Waals surface area contributed by atoms with Crippen molar-refractivity contribution in [3.8, 4) is 5.88 Å². The number of methoxy groups -OCH3 is 1. The molecule has 0 atom stereocenters. The quantitative estimate of drug-likeness (QED) is 0.557. The lowest BCUT2D eigenvalue weighted by atomic mass is 10.2. The Kier molecular flexibility index (Phi) is 6.38. The monoisotopic (exact) mass is 296 g/mol. The Bertz CT molecular complexity index is 505. The Hall–Kier alpha value is -2.38. The van der Waals surface area contributed by atoms with Crippen molar-refractivity contribution >= 4 is 17.4 Å². The van der Waals surface area contributed by atoms with Gasteiger partial charge in [-0.3, -0.25) is 14.9 Å². The first kappa shape index (κ1) is 16.7. The molecule has 8 nitrogen and oxygen atoms in total. The molecule has 0 saturated carbocycles. The molecule has 1 heterocycles. The van der Waals surface area contributed by atoms with Gasteiger partial charge in [0.05, 0.1) is 12.0 Å². The van der Waals surface area contributed by atoms with Crippen molar-refractivity contribution in [1.29, 1.82) is 0 Å². The Balaban J connectivity index is 2.57. The topological polar surface area (TPSA) is 106 Å². The number of hydrogen-bond donors (Lipinski definition) is 2. The number of nitro groups is 1. The molecular formula is C13H20N4O4. The highest BCUT2D eigenvalue weighted by Gasteiger charge is 2.16. The van der Waals surface area contributed by atoms with Crippen LogP contribution in [0.3, 0.4) is 0 Å². The van der Waals surface area contributed by atoms with Gasteiger partial charge in [-0.1, -0.05) is 13.8 Å². The molecule has 0 aromatic carbocycles. The van der Waals surface area contributed by atoms with Crippen molar-refractivity contribution in [3.05, 3.63) is 22.2 Å². The van der Waals surface area contributed by atoms with Gasteiger partial charge in [-0.05, 0) is 5.92 Å². The van der Waals surface area contributed by atoms with Gasteiger partial charge < -0.3 is 15.4 Å². The molecule has 0 aliphatic carbocycles. The number of nitrogens with zero attached hydrogens (tertiary/aromatic N) is 2. The number of nitrogens with one attached hydrogen (secondary N) is 2. The molecule has 0 aliphatic rings. The molecule has 21 heavy (non-hydrogen) atoms. The minimum absolute atomic E-state index is 0.0935. The minimum Gasteiger partial charge on any atom is -0.481 e. The second-order valence-electron chi connectivity index (χ2n) is 4.85. The van der Waals surface area contributed by atoms with Crippen LogP contribution in [-0.4, -0.2) is 36.0 Å². The fourth-order valence-electron chi connectivity index (χ4n) is 1.53. The third-order valence-corrected chi connectivity index (χ3v) is 2.61. The summed E-state index contributed by atoms with van der Waals surface area (Å²) in [6, 6.07) is 2.73. The fraction of sp³-hybridized carbons (Fsp3) is 0.538. The maximum Gasteiger partial charge on any atom is 0.311 e. The summed E-state index contributed by atoms with van der Waals surface area (Å²) in [6.45, 7) is 4.87. The van der Waals surface area contributed by atoms with Gasteiger partial charge in [0.2, 0.25) is 17.6 Å². The van der Waals surface area contributed by atoms with E-state index in [1.807, 2.05) is 13.8 Å². The van der Waals surface area contributed by atoms with Crippen LogP contribution in [0.15, 0.2) is 12.1 Å². The summed E-state index contributed by atoms with van der Waals surface area (Å²) >= 11 is 0. The zero-order valence-corrected chi connectivity index (χ0v) is 12.4. The Labute approximate surface area is 123 Å². The predicted molar refractivity (Wildman–Crippen MR) is 78.4 cm³/mol. The minimum atomic E-state index is -0.534. The number of amides is 1. The number of hydrogen-bond acceptors (Lipinski definition) is 6. The molecule has 2 N–H and O–H groups in total. The molecular weight excluding hydrogens is 276 g/mol. The smallest absolute Gasteiger partial charge is 0.311 e. The summed E-state index contributed by atoms with van der Waals surface area (Å²) in [6.07, 6.45) is 0.211. The van der Waals surface area contributed by atoms with Crippen molar-refractivity contribution in [2.45, 2.75) is 20.3 Å². The summed E-state index contributed by atoms with van der Waals surface area (Å²) < 4.78 is 4.93. The number of aromatic nitrogens is 1. The lowest BCUT2D eigenvalue weighted by Crippen LogP contribution is -2.28. The number of ether oxygens (including phenoxy) is 1. The molecule has 1 aromatic rings. The molecule has 0 spiro atoms. The van der Waals surface area contributed by atoms with Crippen LogP contribution in [-0.2, 0) is 4.79 Å². The SMILES string of the molecule is COc1ccc([N+](=O)[O-])c(NCCC(=O)NCC(C)C)n1.